The Balaban J connectivity index is 1.95. The van der Waals surface area contributed by atoms with Gasteiger partial charge in [-0.1, -0.05) is 29.3 Å². The van der Waals surface area contributed by atoms with Crippen LogP contribution in [0.4, 0.5) is 14.5 Å². The molecule has 0 aliphatic carbocycles. The van der Waals surface area contributed by atoms with Crippen LogP contribution < -0.4 is 10.1 Å². The van der Waals surface area contributed by atoms with Gasteiger partial charge in [-0.05, 0) is 42.0 Å². The Kier molecular flexibility index (Phi) is 5.04. The third-order valence-corrected chi connectivity index (χ3v) is 3.30. The molecule has 2 aromatic carbocycles. The summed E-state index contributed by atoms with van der Waals surface area (Å²) in [4.78, 5) is 0. The molecule has 0 heterocycles. The van der Waals surface area contributed by atoms with Gasteiger partial charge in [-0.15, -0.1) is 0 Å². The van der Waals surface area contributed by atoms with E-state index in [1.165, 1.54) is 12.1 Å². The quantitative estimate of drug-likeness (QED) is 0.817. The number of anilines is 1. The summed E-state index contributed by atoms with van der Waals surface area (Å²) >= 11 is 11.7. The van der Waals surface area contributed by atoms with Gasteiger partial charge in [0.05, 0.1) is 10.0 Å². The highest BCUT2D eigenvalue weighted by Crippen LogP contribution is 2.23. The van der Waals surface area contributed by atoms with Crippen molar-refractivity contribution in [1.82, 2.24) is 0 Å². The van der Waals surface area contributed by atoms with Gasteiger partial charge in [-0.3, -0.25) is 0 Å². The smallest absolute Gasteiger partial charge is 0.387 e. The number of hydrogen-bond acceptors (Lipinski definition) is 2. The van der Waals surface area contributed by atoms with E-state index in [-0.39, 0.29) is 5.75 Å². The molecule has 0 unspecified atom stereocenters. The first kappa shape index (κ1) is 14.9. The van der Waals surface area contributed by atoms with Crippen LogP contribution in [0, 0.1) is 0 Å². The van der Waals surface area contributed by atoms with Gasteiger partial charge < -0.3 is 10.1 Å². The van der Waals surface area contributed by atoms with E-state index in [4.69, 9.17) is 23.2 Å². The van der Waals surface area contributed by atoms with Gasteiger partial charge >= 0.3 is 6.61 Å². The molecule has 2 rings (SSSR count). The number of rotatable bonds is 5. The molecule has 0 radical (unpaired) electrons. The molecule has 0 aliphatic heterocycles. The molecule has 20 heavy (non-hydrogen) atoms. The predicted molar refractivity (Wildman–Crippen MR) is 76.9 cm³/mol. The molecule has 2 aromatic rings. The summed E-state index contributed by atoms with van der Waals surface area (Å²) in [6.45, 7) is -2.27. The van der Waals surface area contributed by atoms with E-state index in [1.807, 2.05) is 6.07 Å². The van der Waals surface area contributed by atoms with Crippen LogP contribution in [-0.2, 0) is 6.54 Å². The first-order chi connectivity index (χ1) is 9.54. The average molecular weight is 318 g/mol. The third kappa shape index (κ3) is 4.25. The highest BCUT2D eigenvalue weighted by atomic mass is 35.5. The summed E-state index contributed by atoms with van der Waals surface area (Å²) in [7, 11) is 0. The fourth-order valence-electron chi connectivity index (χ4n) is 1.61. The van der Waals surface area contributed by atoms with E-state index >= 15 is 0 Å². The molecular formula is C14H11Cl2F2NO. The first-order valence-corrected chi connectivity index (χ1v) is 6.53. The van der Waals surface area contributed by atoms with Crippen molar-refractivity contribution in [2.24, 2.45) is 0 Å². The molecular weight excluding hydrogens is 307 g/mol. The van der Waals surface area contributed by atoms with Crippen LogP contribution in [0.5, 0.6) is 5.75 Å². The summed E-state index contributed by atoms with van der Waals surface area (Å²) in [5.74, 6) is 0.125. The molecule has 0 aromatic heterocycles. The molecule has 0 saturated carbocycles. The molecule has 0 spiro atoms. The predicted octanol–water partition coefficient (Wildman–Crippen LogP) is 5.21. The van der Waals surface area contributed by atoms with Crippen LogP contribution in [-0.4, -0.2) is 6.61 Å². The normalized spacial score (nSPS) is 10.7. The second kappa shape index (κ2) is 6.77. The van der Waals surface area contributed by atoms with Crippen LogP contribution >= 0.6 is 23.2 Å². The molecule has 6 heteroatoms. The molecule has 0 bridgehead atoms. The van der Waals surface area contributed by atoms with Crippen LogP contribution in [0.1, 0.15) is 5.56 Å². The van der Waals surface area contributed by atoms with Gasteiger partial charge in [0.15, 0.2) is 0 Å². The van der Waals surface area contributed by atoms with Crippen molar-refractivity contribution in [3.05, 3.63) is 58.1 Å². The maximum absolute atomic E-state index is 12.0. The monoisotopic (exact) mass is 317 g/mol. The maximum atomic E-state index is 12.0. The Morgan fingerprint density at radius 3 is 2.30 bits per heavy atom. The zero-order valence-electron chi connectivity index (χ0n) is 10.2. The first-order valence-electron chi connectivity index (χ1n) is 5.77. The van der Waals surface area contributed by atoms with Crippen LogP contribution in [0.2, 0.25) is 10.0 Å². The summed E-state index contributed by atoms with van der Waals surface area (Å²) < 4.78 is 28.3. The van der Waals surface area contributed by atoms with Gasteiger partial charge in [0.25, 0.3) is 0 Å². The van der Waals surface area contributed by atoms with E-state index in [2.05, 4.69) is 10.1 Å². The van der Waals surface area contributed by atoms with Crippen molar-refractivity contribution >= 4 is 28.9 Å². The third-order valence-electron chi connectivity index (χ3n) is 2.56. The van der Waals surface area contributed by atoms with Crippen molar-refractivity contribution in [2.75, 3.05) is 5.32 Å². The molecule has 2 nitrogen and oxygen atoms in total. The van der Waals surface area contributed by atoms with E-state index in [9.17, 15) is 8.78 Å². The van der Waals surface area contributed by atoms with Crippen LogP contribution in [0.25, 0.3) is 0 Å². The molecule has 0 fully saturated rings. The molecule has 0 atom stereocenters. The van der Waals surface area contributed by atoms with E-state index in [0.717, 1.165) is 11.3 Å². The average Bonchev–Trinajstić information content (AvgIpc) is 2.41. The van der Waals surface area contributed by atoms with Crippen molar-refractivity contribution in [1.29, 1.82) is 0 Å². The van der Waals surface area contributed by atoms with Gasteiger partial charge in [-0.25, -0.2) is 0 Å². The number of benzene rings is 2. The minimum absolute atomic E-state index is 0.125. The minimum Gasteiger partial charge on any atom is -0.435 e. The van der Waals surface area contributed by atoms with E-state index in [1.54, 1.807) is 24.3 Å². The number of nitrogens with one attached hydrogen (secondary N) is 1. The molecule has 1 N–H and O–H groups in total. The van der Waals surface area contributed by atoms with Gasteiger partial charge in [-0.2, -0.15) is 8.78 Å². The summed E-state index contributed by atoms with van der Waals surface area (Å²) in [5.41, 5.74) is 1.75. The van der Waals surface area contributed by atoms with Crippen molar-refractivity contribution in [3.8, 4) is 5.75 Å². The fraction of sp³-hybridized carbons (Fsp3) is 0.143. The highest BCUT2D eigenvalue weighted by molar-refractivity contribution is 6.42. The topological polar surface area (TPSA) is 21.3 Å². The fourth-order valence-corrected chi connectivity index (χ4v) is 1.93. The van der Waals surface area contributed by atoms with E-state index < -0.39 is 6.61 Å². The standard InChI is InChI=1S/C14H11Cl2F2NO/c15-12-6-1-9(7-13(12)16)8-19-10-2-4-11(5-3-10)20-14(17)18/h1-7,14,19H,8H2. The van der Waals surface area contributed by atoms with E-state index in [0.29, 0.717) is 16.6 Å². The van der Waals surface area contributed by atoms with Crippen molar-refractivity contribution in [2.45, 2.75) is 13.2 Å². The lowest BCUT2D eigenvalue weighted by molar-refractivity contribution is -0.0498. The zero-order valence-corrected chi connectivity index (χ0v) is 11.8. The van der Waals surface area contributed by atoms with Crippen LogP contribution in [0.3, 0.4) is 0 Å². The van der Waals surface area contributed by atoms with Gasteiger partial charge in [0, 0.05) is 12.2 Å². The highest BCUT2D eigenvalue weighted by Gasteiger charge is 2.04. The Bertz CT molecular complexity index is 576. The Morgan fingerprint density at radius 1 is 1.00 bits per heavy atom. The van der Waals surface area contributed by atoms with Gasteiger partial charge in [0.2, 0.25) is 0 Å². The maximum Gasteiger partial charge on any atom is 0.387 e. The zero-order chi connectivity index (χ0) is 14.5. The SMILES string of the molecule is FC(F)Oc1ccc(NCc2ccc(Cl)c(Cl)c2)cc1. The Morgan fingerprint density at radius 2 is 1.70 bits per heavy atom. The lowest BCUT2D eigenvalue weighted by atomic mass is 10.2. The van der Waals surface area contributed by atoms with Gasteiger partial charge in [0.1, 0.15) is 5.75 Å². The summed E-state index contributed by atoms with van der Waals surface area (Å²) in [6.07, 6.45) is 0. The lowest BCUT2D eigenvalue weighted by Gasteiger charge is -2.09. The number of halogens is 4. The van der Waals surface area contributed by atoms with Crippen molar-refractivity contribution < 1.29 is 13.5 Å². The number of ether oxygens (including phenoxy) is 1. The molecule has 0 aliphatic rings. The Labute approximate surface area is 125 Å². The van der Waals surface area contributed by atoms with Crippen molar-refractivity contribution in [3.63, 3.8) is 0 Å². The lowest BCUT2D eigenvalue weighted by Crippen LogP contribution is -2.02. The molecule has 0 amide bonds. The molecule has 0 saturated heterocycles. The summed E-state index contributed by atoms with van der Waals surface area (Å²) in [5, 5.41) is 4.14. The second-order valence-corrected chi connectivity index (χ2v) is 4.82. The minimum atomic E-state index is -2.81. The number of hydrogen-bond donors (Lipinski definition) is 1. The largest absolute Gasteiger partial charge is 0.435 e. The molecule has 106 valence electrons. The van der Waals surface area contributed by atoms with Crippen LogP contribution in [0.15, 0.2) is 42.5 Å². The summed E-state index contributed by atoms with van der Waals surface area (Å²) in [6, 6.07) is 11.6. The Hall–Kier alpha value is -1.52. The second-order valence-electron chi connectivity index (χ2n) is 4.00. The number of alkyl halides is 2.